The van der Waals surface area contributed by atoms with Crippen LogP contribution in [0.25, 0.3) is 0 Å². The molecule has 1 aliphatic heterocycles. The van der Waals surface area contributed by atoms with E-state index < -0.39 is 14.6 Å². The third-order valence-electron chi connectivity index (χ3n) is 3.45. The Morgan fingerprint density at radius 1 is 1.31 bits per heavy atom. The number of piperidine rings is 1. The Kier molecular flexibility index (Phi) is 4.76. The molecular weight excluding hydrogens is 224 g/mol. The van der Waals surface area contributed by atoms with Crippen LogP contribution in [-0.2, 0) is 9.84 Å². The molecule has 0 spiro atoms. The first-order valence-electron chi connectivity index (χ1n) is 5.94. The van der Waals surface area contributed by atoms with E-state index in [9.17, 15) is 8.42 Å². The van der Waals surface area contributed by atoms with E-state index in [-0.39, 0.29) is 0 Å². The van der Waals surface area contributed by atoms with Crippen molar-refractivity contribution in [2.24, 2.45) is 5.92 Å². The molecule has 0 aromatic carbocycles. The Balaban J connectivity index is 2.29. The van der Waals surface area contributed by atoms with Crippen LogP contribution in [0.15, 0.2) is 0 Å². The predicted octanol–water partition coefficient (Wildman–Crippen LogP) is 0.399. The molecule has 0 aliphatic carbocycles. The van der Waals surface area contributed by atoms with Gasteiger partial charge in [-0.1, -0.05) is 0 Å². The Hall–Kier alpha value is -0.130. The second-order valence-corrected chi connectivity index (χ2v) is 8.01. The molecule has 2 N–H and O–H groups in total. The number of hydrogen-bond donors (Lipinski definition) is 2. The number of sulfone groups is 1. The van der Waals surface area contributed by atoms with E-state index in [1.807, 2.05) is 0 Å². The highest BCUT2D eigenvalue weighted by Crippen LogP contribution is 2.15. The Labute approximate surface area is 99.1 Å². The lowest BCUT2D eigenvalue weighted by Crippen LogP contribution is -2.44. The van der Waals surface area contributed by atoms with Crippen LogP contribution < -0.4 is 10.6 Å². The van der Waals surface area contributed by atoms with Crippen LogP contribution in [0.2, 0.25) is 0 Å². The van der Waals surface area contributed by atoms with Gasteiger partial charge in [0.1, 0.15) is 0 Å². The van der Waals surface area contributed by atoms with E-state index in [2.05, 4.69) is 10.6 Å². The summed E-state index contributed by atoms with van der Waals surface area (Å²) in [5.74, 6) is 0.691. The van der Waals surface area contributed by atoms with E-state index in [1.54, 1.807) is 13.8 Å². The van der Waals surface area contributed by atoms with E-state index >= 15 is 0 Å². The van der Waals surface area contributed by atoms with Crippen molar-refractivity contribution in [2.45, 2.75) is 31.4 Å². The number of hydrogen-bond acceptors (Lipinski definition) is 4. The summed E-state index contributed by atoms with van der Waals surface area (Å²) in [6.45, 7) is 7.19. The summed E-state index contributed by atoms with van der Waals surface area (Å²) in [6.07, 6.45) is 3.68. The normalized spacial score (nSPS) is 19.9. The zero-order valence-electron chi connectivity index (χ0n) is 10.5. The second-order valence-electron chi connectivity index (χ2n) is 5.36. The van der Waals surface area contributed by atoms with Crippen LogP contribution in [0, 0.1) is 5.92 Å². The molecule has 0 bridgehead atoms. The fraction of sp³-hybridized carbons (Fsp3) is 1.00. The quantitative estimate of drug-likeness (QED) is 0.739. The van der Waals surface area contributed by atoms with Gasteiger partial charge in [-0.3, -0.25) is 0 Å². The summed E-state index contributed by atoms with van der Waals surface area (Å²) in [4.78, 5) is 0. The molecule has 0 unspecified atom stereocenters. The minimum absolute atomic E-state index is 0.537. The highest BCUT2D eigenvalue weighted by molar-refractivity contribution is 7.92. The highest BCUT2D eigenvalue weighted by Gasteiger charge is 2.29. The topological polar surface area (TPSA) is 58.2 Å². The molecule has 4 nitrogen and oxygen atoms in total. The molecular formula is C11H24N2O2S. The summed E-state index contributed by atoms with van der Waals surface area (Å²) in [5, 5.41) is 6.62. The summed E-state index contributed by atoms with van der Waals surface area (Å²) in [7, 11) is -2.98. The fourth-order valence-corrected chi connectivity index (χ4v) is 2.16. The third kappa shape index (κ3) is 4.03. The molecule has 0 amide bonds. The SMILES string of the molecule is CC(C)(CNCC1CCNCC1)S(C)(=O)=O. The number of nitrogens with one attached hydrogen (secondary N) is 2. The maximum Gasteiger partial charge on any atom is 0.153 e. The largest absolute Gasteiger partial charge is 0.317 e. The average molecular weight is 248 g/mol. The lowest BCUT2D eigenvalue weighted by Gasteiger charge is -2.26. The van der Waals surface area contributed by atoms with Crippen molar-refractivity contribution < 1.29 is 8.42 Å². The van der Waals surface area contributed by atoms with Gasteiger partial charge < -0.3 is 10.6 Å². The average Bonchev–Trinajstić information content (AvgIpc) is 2.17. The van der Waals surface area contributed by atoms with Gasteiger partial charge >= 0.3 is 0 Å². The first-order valence-corrected chi connectivity index (χ1v) is 7.83. The Bertz CT molecular complexity index is 306. The van der Waals surface area contributed by atoms with Crippen LogP contribution in [0.5, 0.6) is 0 Å². The smallest absolute Gasteiger partial charge is 0.153 e. The van der Waals surface area contributed by atoms with Crippen molar-refractivity contribution in [3.8, 4) is 0 Å². The zero-order chi connectivity index (χ0) is 12.2. The van der Waals surface area contributed by atoms with E-state index in [4.69, 9.17) is 0 Å². The minimum atomic E-state index is -2.98. The molecule has 1 fully saturated rings. The van der Waals surface area contributed by atoms with Crippen LogP contribution >= 0.6 is 0 Å². The van der Waals surface area contributed by atoms with Gasteiger partial charge in [0.15, 0.2) is 9.84 Å². The molecule has 0 aromatic rings. The Morgan fingerprint density at radius 2 is 1.88 bits per heavy atom. The summed E-state index contributed by atoms with van der Waals surface area (Å²) < 4.78 is 22.3. The predicted molar refractivity (Wildman–Crippen MR) is 67.4 cm³/mol. The van der Waals surface area contributed by atoms with Gasteiger partial charge in [-0.2, -0.15) is 0 Å². The van der Waals surface area contributed by atoms with Gasteiger partial charge in [0.2, 0.25) is 0 Å². The van der Waals surface area contributed by atoms with Crippen LogP contribution in [0.3, 0.4) is 0 Å². The molecule has 1 aliphatic rings. The van der Waals surface area contributed by atoms with Crippen LogP contribution in [-0.4, -0.2) is 45.6 Å². The van der Waals surface area contributed by atoms with Crippen LogP contribution in [0.1, 0.15) is 26.7 Å². The lowest BCUT2D eigenvalue weighted by atomic mass is 9.98. The first-order chi connectivity index (χ1) is 7.33. The van der Waals surface area contributed by atoms with Gasteiger partial charge in [-0.15, -0.1) is 0 Å². The minimum Gasteiger partial charge on any atom is -0.317 e. The lowest BCUT2D eigenvalue weighted by molar-refractivity contribution is 0.352. The van der Waals surface area contributed by atoms with Crippen molar-refractivity contribution in [3.63, 3.8) is 0 Å². The van der Waals surface area contributed by atoms with Crippen LogP contribution in [0.4, 0.5) is 0 Å². The molecule has 0 atom stereocenters. The van der Waals surface area contributed by atoms with Gasteiger partial charge in [0, 0.05) is 12.8 Å². The summed E-state index contributed by atoms with van der Waals surface area (Å²) >= 11 is 0. The monoisotopic (exact) mass is 248 g/mol. The standard InChI is InChI=1S/C11H24N2O2S/c1-11(2,16(3,14)15)9-13-8-10-4-6-12-7-5-10/h10,12-13H,4-9H2,1-3H3. The molecule has 0 saturated carbocycles. The highest BCUT2D eigenvalue weighted by atomic mass is 32.2. The fourth-order valence-electron chi connectivity index (χ4n) is 1.79. The van der Waals surface area contributed by atoms with Crippen molar-refractivity contribution in [3.05, 3.63) is 0 Å². The third-order valence-corrected chi connectivity index (χ3v) is 5.60. The van der Waals surface area contributed by atoms with Gasteiger partial charge in [0.25, 0.3) is 0 Å². The van der Waals surface area contributed by atoms with E-state index in [0.717, 1.165) is 19.6 Å². The first kappa shape index (κ1) is 13.9. The van der Waals surface area contributed by atoms with Crippen molar-refractivity contribution in [2.75, 3.05) is 32.4 Å². The van der Waals surface area contributed by atoms with Gasteiger partial charge in [-0.25, -0.2) is 8.42 Å². The Morgan fingerprint density at radius 3 is 2.38 bits per heavy atom. The van der Waals surface area contributed by atoms with Gasteiger partial charge in [0.05, 0.1) is 4.75 Å². The van der Waals surface area contributed by atoms with E-state index in [0.29, 0.717) is 12.5 Å². The molecule has 1 saturated heterocycles. The maximum absolute atomic E-state index is 11.5. The summed E-state index contributed by atoms with van der Waals surface area (Å²) in [6, 6.07) is 0. The van der Waals surface area contributed by atoms with Gasteiger partial charge in [-0.05, 0) is 52.2 Å². The molecule has 5 heteroatoms. The second kappa shape index (κ2) is 5.47. The molecule has 96 valence electrons. The summed E-state index contributed by atoms with van der Waals surface area (Å²) in [5.41, 5.74) is 0. The molecule has 16 heavy (non-hydrogen) atoms. The maximum atomic E-state index is 11.5. The number of rotatable bonds is 5. The molecule has 1 rings (SSSR count). The van der Waals surface area contributed by atoms with Crippen molar-refractivity contribution in [1.29, 1.82) is 0 Å². The van der Waals surface area contributed by atoms with Crippen molar-refractivity contribution >= 4 is 9.84 Å². The van der Waals surface area contributed by atoms with E-state index in [1.165, 1.54) is 19.1 Å². The molecule has 0 radical (unpaired) electrons. The molecule has 1 heterocycles. The van der Waals surface area contributed by atoms with Crippen molar-refractivity contribution in [1.82, 2.24) is 10.6 Å². The molecule has 0 aromatic heterocycles. The zero-order valence-corrected chi connectivity index (χ0v) is 11.4.